The number of nitrogens with zero attached hydrogens (tertiary/aromatic N) is 2. The Kier molecular flexibility index (Phi) is 5.03. The Hall–Kier alpha value is -2.37. The summed E-state index contributed by atoms with van der Waals surface area (Å²) in [5, 5.41) is 2.76. The van der Waals surface area contributed by atoms with Crippen molar-refractivity contribution in [2.45, 2.75) is 27.2 Å². The number of carbonyl (C=O) groups is 3. The standard InChI is InChI=1S/C17H23N3O3/c1-17(2,3)9-10-18-14(21)11-20-15(22)12-19(16(20)23)13-7-5-4-6-8-13/h4-8H,9-12H2,1-3H3,(H,18,21). The van der Waals surface area contributed by atoms with Crippen molar-refractivity contribution in [3.63, 3.8) is 0 Å². The van der Waals surface area contributed by atoms with Crippen LogP contribution in [-0.4, -0.2) is 42.4 Å². The average molecular weight is 317 g/mol. The molecule has 0 aliphatic carbocycles. The minimum atomic E-state index is -0.452. The van der Waals surface area contributed by atoms with Crippen molar-refractivity contribution in [2.75, 3.05) is 24.5 Å². The molecule has 0 spiro atoms. The van der Waals surface area contributed by atoms with Crippen molar-refractivity contribution in [1.29, 1.82) is 0 Å². The van der Waals surface area contributed by atoms with Gasteiger partial charge in [-0.3, -0.25) is 19.4 Å². The van der Waals surface area contributed by atoms with Crippen LogP contribution in [0.15, 0.2) is 30.3 Å². The lowest BCUT2D eigenvalue weighted by molar-refractivity contribution is -0.130. The molecule has 4 amide bonds. The third kappa shape index (κ3) is 4.55. The number of nitrogens with one attached hydrogen (secondary N) is 1. The van der Waals surface area contributed by atoms with Crippen molar-refractivity contribution in [1.82, 2.24) is 10.2 Å². The molecule has 0 aromatic heterocycles. The number of imide groups is 1. The molecule has 23 heavy (non-hydrogen) atoms. The second-order valence-electron chi connectivity index (χ2n) is 6.84. The fourth-order valence-electron chi connectivity index (χ4n) is 2.28. The first-order chi connectivity index (χ1) is 10.8. The van der Waals surface area contributed by atoms with E-state index in [1.54, 1.807) is 24.3 Å². The van der Waals surface area contributed by atoms with Crippen LogP contribution in [0.25, 0.3) is 0 Å². The van der Waals surface area contributed by atoms with E-state index in [0.717, 1.165) is 11.3 Å². The molecule has 1 fully saturated rings. The number of para-hydroxylation sites is 1. The Morgan fingerprint density at radius 3 is 2.43 bits per heavy atom. The van der Waals surface area contributed by atoms with Crippen molar-refractivity contribution < 1.29 is 14.4 Å². The SMILES string of the molecule is CC(C)(C)CCNC(=O)CN1C(=O)CN(c2ccccc2)C1=O. The number of carbonyl (C=O) groups excluding carboxylic acids is 3. The van der Waals surface area contributed by atoms with Gasteiger partial charge < -0.3 is 5.32 Å². The smallest absolute Gasteiger partial charge is 0.332 e. The molecule has 0 saturated carbocycles. The number of rotatable bonds is 5. The van der Waals surface area contributed by atoms with E-state index in [-0.39, 0.29) is 30.3 Å². The topological polar surface area (TPSA) is 69.7 Å². The highest BCUT2D eigenvalue weighted by Gasteiger charge is 2.37. The van der Waals surface area contributed by atoms with Crippen LogP contribution in [0.2, 0.25) is 0 Å². The van der Waals surface area contributed by atoms with Gasteiger partial charge in [0.25, 0.3) is 5.91 Å². The summed E-state index contributed by atoms with van der Waals surface area (Å²) < 4.78 is 0. The van der Waals surface area contributed by atoms with Crippen LogP contribution >= 0.6 is 0 Å². The second kappa shape index (κ2) is 6.81. The maximum absolute atomic E-state index is 12.3. The van der Waals surface area contributed by atoms with Gasteiger partial charge in [0.05, 0.1) is 0 Å². The fourth-order valence-corrected chi connectivity index (χ4v) is 2.28. The molecule has 0 atom stereocenters. The maximum Gasteiger partial charge on any atom is 0.332 e. The molecule has 0 radical (unpaired) electrons. The first-order valence-electron chi connectivity index (χ1n) is 7.71. The summed E-state index contributed by atoms with van der Waals surface area (Å²) in [6.07, 6.45) is 0.830. The number of hydrogen-bond donors (Lipinski definition) is 1. The molecule has 124 valence electrons. The van der Waals surface area contributed by atoms with E-state index in [1.807, 2.05) is 6.07 Å². The molecule has 2 rings (SSSR count). The molecule has 1 aliphatic heterocycles. The summed E-state index contributed by atoms with van der Waals surface area (Å²) in [4.78, 5) is 38.7. The predicted molar refractivity (Wildman–Crippen MR) is 88.0 cm³/mol. The van der Waals surface area contributed by atoms with E-state index in [2.05, 4.69) is 26.1 Å². The van der Waals surface area contributed by atoms with Gasteiger partial charge in [-0.2, -0.15) is 0 Å². The van der Waals surface area contributed by atoms with Gasteiger partial charge in [0.1, 0.15) is 13.1 Å². The molecule has 1 aromatic rings. The zero-order chi connectivity index (χ0) is 17.0. The molecule has 6 nitrogen and oxygen atoms in total. The van der Waals surface area contributed by atoms with E-state index in [0.29, 0.717) is 12.2 Å². The molecular weight excluding hydrogens is 294 g/mol. The van der Waals surface area contributed by atoms with Crippen molar-refractivity contribution in [3.05, 3.63) is 30.3 Å². The van der Waals surface area contributed by atoms with E-state index in [4.69, 9.17) is 0 Å². The van der Waals surface area contributed by atoms with E-state index in [1.165, 1.54) is 4.90 Å². The lowest BCUT2D eigenvalue weighted by atomic mass is 9.92. The molecule has 1 saturated heterocycles. The molecule has 1 aliphatic rings. The summed E-state index contributed by atoms with van der Waals surface area (Å²) in [7, 11) is 0. The molecule has 1 heterocycles. The number of benzene rings is 1. The zero-order valence-electron chi connectivity index (χ0n) is 13.8. The Morgan fingerprint density at radius 2 is 1.83 bits per heavy atom. The number of hydrogen-bond acceptors (Lipinski definition) is 3. The maximum atomic E-state index is 12.3. The number of amides is 4. The van der Waals surface area contributed by atoms with Gasteiger partial charge in [0.15, 0.2) is 0 Å². The van der Waals surface area contributed by atoms with Crippen molar-refractivity contribution in [3.8, 4) is 0 Å². The van der Waals surface area contributed by atoms with Gasteiger partial charge in [-0.1, -0.05) is 39.0 Å². The summed E-state index contributed by atoms with van der Waals surface area (Å²) in [5.41, 5.74) is 0.776. The highest BCUT2D eigenvalue weighted by atomic mass is 16.2. The third-order valence-corrected chi connectivity index (χ3v) is 3.62. The highest BCUT2D eigenvalue weighted by Crippen LogP contribution is 2.20. The van der Waals surface area contributed by atoms with E-state index < -0.39 is 6.03 Å². The molecule has 1 N–H and O–H groups in total. The van der Waals surface area contributed by atoms with Gasteiger partial charge in [-0.15, -0.1) is 0 Å². The minimum Gasteiger partial charge on any atom is -0.355 e. The largest absolute Gasteiger partial charge is 0.355 e. The first-order valence-corrected chi connectivity index (χ1v) is 7.71. The molecule has 0 bridgehead atoms. The van der Waals surface area contributed by atoms with Gasteiger partial charge in [0, 0.05) is 12.2 Å². The van der Waals surface area contributed by atoms with Crippen LogP contribution in [0.5, 0.6) is 0 Å². The van der Waals surface area contributed by atoms with Crippen LogP contribution < -0.4 is 10.2 Å². The first kappa shape index (κ1) is 17.0. The van der Waals surface area contributed by atoms with Crippen LogP contribution in [0.3, 0.4) is 0 Å². The average Bonchev–Trinajstić information content (AvgIpc) is 2.75. The van der Waals surface area contributed by atoms with Crippen LogP contribution in [-0.2, 0) is 9.59 Å². The number of anilines is 1. The Balaban J connectivity index is 1.92. The van der Waals surface area contributed by atoms with E-state index in [9.17, 15) is 14.4 Å². The van der Waals surface area contributed by atoms with Crippen molar-refractivity contribution >= 4 is 23.5 Å². The van der Waals surface area contributed by atoms with Crippen LogP contribution in [0, 0.1) is 5.41 Å². The Bertz CT molecular complexity index is 593. The summed E-state index contributed by atoms with van der Waals surface area (Å²) >= 11 is 0. The Morgan fingerprint density at radius 1 is 1.17 bits per heavy atom. The fraction of sp³-hybridized carbons (Fsp3) is 0.471. The molecule has 6 heteroatoms. The predicted octanol–water partition coefficient (Wildman–Crippen LogP) is 2.01. The quantitative estimate of drug-likeness (QED) is 0.845. The Labute approximate surface area is 136 Å². The van der Waals surface area contributed by atoms with Crippen molar-refractivity contribution in [2.24, 2.45) is 5.41 Å². The highest BCUT2D eigenvalue weighted by molar-refractivity contribution is 6.13. The second-order valence-corrected chi connectivity index (χ2v) is 6.84. The monoisotopic (exact) mass is 317 g/mol. The van der Waals surface area contributed by atoms with Crippen LogP contribution in [0.1, 0.15) is 27.2 Å². The van der Waals surface area contributed by atoms with Gasteiger partial charge in [-0.25, -0.2) is 4.79 Å². The molecular formula is C17H23N3O3. The van der Waals surface area contributed by atoms with E-state index >= 15 is 0 Å². The molecule has 0 unspecified atom stereocenters. The minimum absolute atomic E-state index is 0.0296. The number of urea groups is 1. The summed E-state index contributed by atoms with van der Waals surface area (Å²) in [5.74, 6) is -0.671. The zero-order valence-corrected chi connectivity index (χ0v) is 13.8. The normalized spacial score (nSPS) is 15.3. The lowest BCUT2D eigenvalue weighted by Gasteiger charge is -2.19. The summed E-state index contributed by atoms with van der Waals surface area (Å²) in [6.45, 7) is 6.53. The van der Waals surface area contributed by atoms with Gasteiger partial charge in [-0.05, 0) is 24.0 Å². The summed E-state index contributed by atoms with van der Waals surface area (Å²) in [6, 6.07) is 8.51. The lowest BCUT2D eigenvalue weighted by Crippen LogP contribution is -2.42. The van der Waals surface area contributed by atoms with Gasteiger partial charge in [0.2, 0.25) is 5.91 Å². The van der Waals surface area contributed by atoms with Gasteiger partial charge >= 0.3 is 6.03 Å². The van der Waals surface area contributed by atoms with Crippen LogP contribution in [0.4, 0.5) is 10.5 Å². The molecule has 1 aromatic carbocycles. The third-order valence-electron chi connectivity index (χ3n) is 3.62.